The molecule has 9 heteroatoms. The second-order valence-electron chi connectivity index (χ2n) is 4.73. The van der Waals surface area contributed by atoms with Gasteiger partial charge in [0.05, 0.1) is 0 Å². The molecule has 0 atom stereocenters. The summed E-state index contributed by atoms with van der Waals surface area (Å²) in [6.45, 7) is 2.14. The van der Waals surface area contributed by atoms with Crippen molar-refractivity contribution in [3.05, 3.63) is 57.7 Å². The fraction of sp³-hybridized carbons (Fsp3) is 0.143. The Balaban J connectivity index is 2.71. The van der Waals surface area contributed by atoms with Gasteiger partial charge in [-0.3, -0.25) is 0 Å². The van der Waals surface area contributed by atoms with E-state index in [1.165, 1.54) is 0 Å². The number of halogens is 8. The molecule has 121 valence electrons. The number of rotatable bonds is 2. The lowest BCUT2D eigenvalue weighted by molar-refractivity contribution is 0.384. The standard InChI is InChI=1S/C14H6BF8/c1-3-4(2)8(17)9(18)5(7(3)16)15-6-10(19)12(21)14(23)13(22)11(6)20/h1-2H3. The van der Waals surface area contributed by atoms with Gasteiger partial charge in [-0.2, -0.15) is 0 Å². The molecular formula is C14H6BF8. The van der Waals surface area contributed by atoms with Crippen molar-refractivity contribution in [2.24, 2.45) is 0 Å². The summed E-state index contributed by atoms with van der Waals surface area (Å²) in [6.07, 6.45) is 0. The van der Waals surface area contributed by atoms with E-state index in [1.807, 2.05) is 0 Å². The topological polar surface area (TPSA) is 0 Å². The van der Waals surface area contributed by atoms with Crippen LogP contribution in [0.3, 0.4) is 0 Å². The molecule has 0 heterocycles. The maximum Gasteiger partial charge on any atom is 0.207 e. The monoisotopic (exact) mass is 337 g/mol. The van der Waals surface area contributed by atoms with E-state index in [-0.39, 0.29) is 18.4 Å². The third-order valence-corrected chi connectivity index (χ3v) is 3.42. The molecule has 0 unspecified atom stereocenters. The molecule has 0 saturated carbocycles. The normalized spacial score (nSPS) is 11.0. The first kappa shape index (κ1) is 17.3. The SMILES string of the molecule is Cc1c(C)c(F)c([B]c2c(F)c(F)c(F)c(F)c2F)c(F)c1F. The second kappa shape index (κ2) is 5.86. The zero-order valence-electron chi connectivity index (χ0n) is 11.6. The molecule has 2 rings (SSSR count). The lowest BCUT2D eigenvalue weighted by atomic mass is 9.62. The molecule has 0 spiro atoms. The summed E-state index contributed by atoms with van der Waals surface area (Å²) in [5.41, 5.74) is -3.55. The largest absolute Gasteiger partial charge is 0.207 e. The molecule has 0 fully saturated rings. The minimum absolute atomic E-state index is 0.0381. The molecule has 23 heavy (non-hydrogen) atoms. The van der Waals surface area contributed by atoms with E-state index in [0.717, 1.165) is 13.8 Å². The van der Waals surface area contributed by atoms with Crippen molar-refractivity contribution in [1.82, 2.24) is 0 Å². The quantitative estimate of drug-likeness (QED) is 0.342. The first-order valence-electron chi connectivity index (χ1n) is 6.09. The summed E-state index contributed by atoms with van der Waals surface area (Å²) < 4.78 is 108. The van der Waals surface area contributed by atoms with Gasteiger partial charge in [0.25, 0.3) is 0 Å². The number of benzene rings is 2. The highest BCUT2D eigenvalue weighted by Crippen LogP contribution is 2.19. The summed E-state index contributed by atoms with van der Waals surface area (Å²) >= 11 is 0. The molecule has 0 saturated heterocycles. The Morgan fingerprint density at radius 3 is 1.22 bits per heavy atom. The molecule has 0 amide bonds. The van der Waals surface area contributed by atoms with Gasteiger partial charge in [0.15, 0.2) is 40.7 Å². The van der Waals surface area contributed by atoms with Crippen LogP contribution < -0.4 is 10.9 Å². The van der Waals surface area contributed by atoms with Crippen LogP contribution in [0, 0.1) is 60.4 Å². The molecule has 0 N–H and O–H groups in total. The summed E-state index contributed by atoms with van der Waals surface area (Å²) in [5, 5.41) is 0. The Morgan fingerprint density at radius 2 is 0.739 bits per heavy atom. The molecule has 0 aliphatic rings. The van der Waals surface area contributed by atoms with Gasteiger partial charge >= 0.3 is 0 Å². The van der Waals surface area contributed by atoms with E-state index in [9.17, 15) is 35.1 Å². The molecule has 2 aromatic carbocycles. The Bertz CT molecular complexity index is 690. The van der Waals surface area contributed by atoms with E-state index in [4.69, 9.17) is 0 Å². The van der Waals surface area contributed by atoms with Gasteiger partial charge in [-0.15, -0.1) is 0 Å². The molecule has 1 radical (unpaired) electrons. The Hall–Kier alpha value is -2.06. The fourth-order valence-corrected chi connectivity index (χ4v) is 1.93. The molecule has 2 aromatic rings. The third-order valence-electron chi connectivity index (χ3n) is 3.42. The molecule has 0 aliphatic heterocycles. The van der Waals surface area contributed by atoms with Crippen LogP contribution in [0.5, 0.6) is 0 Å². The van der Waals surface area contributed by atoms with E-state index >= 15 is 0 Å². The zero-order valence-corrected chi connectivity index (χ0v) is 11.6. The Kier molecular flexibility index (Phi) is 4.41. The summed E-state index contributed by atoms with van der Waals surface area (Å²) in [4.78, 5) is 0. The van der Waals surface area contributed by atoms with Crippen molar-refractivity contribution in [1.29, 1.82) is 0 Å². The highest BCUT2D eigenvalue weighted by atomic mass is 19.2. The summed E-state index contributed by atoms with van der Waals surface area (Å²) in [7, 11) is 0.0381. The van der Waals surface area contributed by atoms with E-state index in [0.29, 0.717) is 0 Å². The zero-order chi connectivity index (χ0) is 17.6. The minimum atomic E-state index is -2.41. The van der Waals surface area contributed by atoms with Gasteiger partial charge in [-0.25, -0.2) is 35.1 Å². The van der Waals surface area contributed by atoms with Crippen molar-refractivity contribution in [3.8, 4) is 0 Å². The summed E-state index contributed by atoms with van der Waals surface area (Å²) in [6, 6.07) is 0. The van der Waals surface area contributed by atoms with Crippen LogP contribution in [0.1, 0.15) is 11.1 Å². The molecule has 0 bridgehead atoms. The van der Waals surface area contributed by atoms with Crippen molar-refractivity contribution < 1.29 is 35.1 Å². The van der Waals surface area contributed by atoms with Gasteiger partial charge in [-0.05, 0) is 35.9 Å². The average molecular weight is 337 g/mol. The highest BCUT2D eigenvalue weighted by molar-refractivity contribution is 6.67. The molecular weight excluding hydrogens is 331 g/mol. The van der Waals surface area contributed by atoms with E-state index < -0.39 is 57.5 Å². The predicted molar refractivity (Wildman–Crippen MR) is 67.0 cm³/mol. The van der Waals surface area contributed by atoms with Crippen LogP contribution in [0.4, 0.5) is 35.1 Å². The lowest BCUT2D eigenvalue weighted by Gasteiger charge is -2.13. The molecule has 0 nitrogen and oxygen atoms in total. The maximum atomic E-state index is 14.0. The minimum Gasteiger partial charge on any atom is -0.207 e. The maximum absolute atomic E-state index is 14.0. The smallest absolute Gasteiger partial charge is 0.207 e. The van der Waals surface area contributed by atoms with Crippen LogP contribution in [-0.4, -0.2) is 7.28 Å². The predicted octanol–water partition coefficient (Wildman–Crippen LogP) is 3.07. The van der Waals surface area contributed by atoms with Gasteiger partial charge in [0.2, 0.25) is 7.28 Å². The van der Waals surface area contributed by atoms with Gasteiger partial charge < -0.3 is 0 Å². The lowest BCUT2D eigenvalue weighted by Crippen LogP contribution is -2.39. The number of hydrogen-bond donors (Lipinski definition) is 0. The van der Waals surface area contributed by atoms with Crippen LogP contribution in [0.2, 0.25) is 0 Å². The van der Waals surface area contributed by atoms with E-state index in [2.05, 4.69) is 0 Å². The van der Waals surface area contributed by atoms with Crippen LogP contribution in [0.25, 0.3) is 0 Å². The van der Waals surface area contributed by atoms with Gasteiger partial charge in [0.1, 0.15) is 5.82 Å². The summed E-state index contributed by atoms with van der Waals surface area (Å²) in [5.74, 6) is -16.2. The van der Waals surface area contributed by atoms with E-state index in [1.54, 1.807) is 0 Å². The molecule has 0 aromatic heterocycles. The Labute approximate surface area is 126 Å². The van der Waals surface area contributed by atoms with Gasteiger partial charge in [0, 0.05) is 0 Å². The molecule has 0 aliphatic carbocycles. The first-order chi connectivity index (χ1) is 10.6. The van der Waals surface area contributed by atoms with Crippen LogP contribution in [-0.2, 0) is 0 Å². The van der Waals surface area contributed by atoms with Crippen LogP contribution >= 0.6 is 0 Å². The first-order valence-corrected chi connectivity index (χ1v) is 6.09. The van der Waals surface area contributed by atoms with Crippen molar-refractivity contribution >= 4 is 18.2 Å². The van der Waals surface area contributed by atoms with Crippen molar-refractivity contribution in [2.45, 2.75) is 13.8 Å². The van der Waals surface area contributed by atoms with Crippen molar-refractivity contribution in [2.75, 3.05) is 0 Å². The van der Waals surface area contributed by atoms with Gasteiger partial charge in [-0.1, -0.05) is 0 Å². The van der Waals surface area contributed by atoms with Crippen LogP contribution in [0.15, 0.2) is 0 Å². The number of hydrogen-bond acceptors (Lipinski definition) is 0. The Morgan fingerprint density at radius 1 is 0.435 bits per heavy atom. The second-order valence-corrected chi connectivity index (χ2v) is 4.73. The van der Waals surface area contributed by atoms with Crippen molar-refractivity contribution in [3.63, 3.8) is 0 Å². The highest BCUT2D eigenvalue weighted by Gasteiger charge is 2.29. The fourth-order valence-electron chi connectivity index (χ4n) is 1.93. The third kappa shape index (κ3) is 2.57. The average Bonchev–Trinajstić information content (AvgIpc) is 2.54.